The van der Waals surface area contributed by atoms with Crippen molar-refractivity contribution in [1.82, 2.24) is 19.4 Å². The Kier molecular flexibility index (Phi) is 6.66. The number of morpholine rings is 1. The van der Waals surface area contributed by atoms with Crippen molar-refractivity contribution < 1.29 is 22.3 Å². The largest absolute Gasteiger partial charge is 0.379 e. The lowest BCUT2D eigenvalue weighted by Crippen LogP contribution is -2.40. The lowest BCUT2D eigenvalue weighted by Gasteiger charge is -2.26. The molecule has 1 aliphatic rings. The Balaban J connectivity index is 1.64. The molecule has 158 valence electrons. The van der Waals surface area contributed by atoms with E-state index in [0.717, 1.165) is 23.5 Å². The third-order valence-corrected chi connectivity index (χ3v) is 6.62. The summed E-state index contributed by atoms with van der Waals surface area (Å²) in [6.07, 6.45) is 0.612. The van der Waals surface area contributed by atoms with E-state index in [0.29, 0.717) is 32.7 Å². The number of amides is 1. The van der Waals surface area contributed by atoms with Gasteiger partial charge < -0.3 is 10.1 Å². The van der Waals surface area contributed by atoms with Gasteiger partial charge in [0.15, 0.2) is 0 Å². The molecule has 1 saturated heterocycles. The van der Waals surface area contributed by atoms with Gasteiger partial charge >= 0.3 is 0 Å². The average molecular weight is 424 g/mol. The van der Waals surface area contributed by atoms with Gasteiger partial charge in [-0.15, -0.1) is 0 Å². The van der Waals surface area contributed by atoms with Crippen LogP contribution in [0.3, 0.4) is 0 Å². The number of aromatic nitrogens is 2. The molecule has 10 heteroatoms. The predicted molar refractivity (Wildman–Crippen MR) is 105 cm³/mol. The summed E-state index contributed by atoms with van der Waals surface area (Å²) in [5.41, 5.74) is 1.67. The van der Waals surface area contributed by atoms with Crippen LogP contribution in [0, 0.1) is 19.7 Å². The summed E-state index contributed by atoms with van der Waals surface area (Å²) in [7, 11) is -3.80. The van der Waals surface area contributed by atoms with E-state index in [-0.39, 0.29) is 23.5 Å². The van der Waals surface area contributed by atoms with Crippen LogP contribution >= 0.6 is 0 Å². The molecule has 1 fully saturated rings. The van der Waals surface area contributed by atoms with Gasteiger partial charge in [-0.05, 0) is 44.5 Å². The highest BCUT2D eigenvalue weighted by atomic mass is 32.2. The second-order valence-electron chi connectivity index (χ2n) is 6.92. The number of halogens is 1. The van der Waals surface area contributed by atoms with Crippen LogP contribution in [0.15, 0.2) is 29.2 Å². The molecule has 0 spiro atoms. The number of ether oxygens (including phenoxy) is 1. The van der Waals surface area contributed by atoms with Gasteiger partial charge in [0, 0.05) is 31.9 Å². The average Bonchev–Trinajstić information content (AvgIpc) is 3.03. The van der Waals surface area contributed by atoms with Gasteiger partial charge in [-0.3, -0.25) is 9.48 Å². The van der Waals surface area contributed by atoms with E-state index >= 15 is 0 Å². The fourth-order valence-electron chi connectivity index (χ4n) is 3.20. The van der Waals surface area contributed by atoms with Gasteiger partial charge in [-0.25, -0.2) is 12.8 Å². The molecule has 1 aromatic carbocycles. The van der Waals surface area contributed by atoms with Crippen molar-refractivity contribution in [1.29, 1.82) is 0 Å². The molecule has 2 heterocycles. The number of sulfonamides is 1. The molecular formula is C19H25FN4O4S. The summed E-state index contributed by atoms with van der Waals surface area (Å²) in [4.78, 5) is 12.3. The van der Waals surface area contributed by atoms with Gasteiger partial charge in [0.05, 0.1) is 29.4 Å². The van der Waals surface area contributed by atoms with Crippen molar-refractivity contribution >= 4 is 15.9 Å². The van der Waals surface area contributed by atoms with Gasteiger partial charge in [0.25, 0.3) is 5.91 Å². The fraction of sp³-hybridized carbons (Fsp3) is 0.474. The summed E-state index contributed by atoms with van der Waals surface area (Å²) in [6.45, 7) is 5.87. The zero-order valence-corrected chi connectivity index (χ0v) is 17.3. The Morgan fingerprint density at radius 2 is 1.97 bits per heavy atom. The number of hydrogen-bond donors (Lipinski definition) is 1. The maximum atomic E-state index is 14.2. The second-order valence-corrected chi connectivity index (χ2v) is 8.86. The van der Waals surface area contributed by atoms with Crippen LogP contribution in [0.5, 0.6) is 0 Å². The molecule has 0 atom stereocenters. The van der Waals surface area contributed by atoms with E-state index in [2.05, 4.69) is 10.4 Å². The van der Waals surface area contributed by atoms with Crippen LogP contribution in [-0.4, -0.2) is 61.3 Å². The van der Waals surface area contributed by atoms with Crippen molar-refractivity contribution in [3.05, 3.63) is 47.0 Å². The number of aryl methyl sites for hydroxylation is 3. The van der Waals surface area contributed by atoms with E-state index in [1.165, 1.54) is 10.4 Å². The first-order chi connectivity index (χ1) is 13.8. The van der Waals surface area contributed by atoms with E-state index in [1.54, 1.807) is 0 Å². The standard InChI is InChI=1S/C19H25FN4O4S/c1-14-12-15(2)24(22-14)7-3-6-21-19(25)17-13-16(4-5-18(17)20)29(26,27)23-8-10-28-11-9-23/h4-5,12-13H,3,6-11H2,1-2H3,(H,21,25). The molecule has 29 heavy (non-hydrogen) atoms. The monoisotopic (exact) mass is 424 g/mol. The maximum absolute atomic E-state index is 14.2. The van der Waals surface area contributed by atoms with Crippen LogP contribution in [0.25, 0.3) is 0 Å². The molecule has 1 aliphatic heterocycles. The number of nitrogens with one attached hydrogen (secondary N) is 1. The maximum Gasteiger partial charge on any atom is 0.254 e. The lowest BCUT2D eigenvalue weighted by atomic mass is 10.2. The summed E-state index contributed by atoms with van der Waals surface area (Å²) in [5, 5.41) is 6.99. The second kappa shape index (κ2) is 9.02. The van der Waals surface area contributed by atoms with E-state index in [9.17, 15) is 17.6 Å². The molecule has 1 amide bonds. The minimum atomic E-state index is -3.80. The van der Waals surface area contributed by atoms with Gasteiger partial charge in [0.2, 0.25) is 10.0 Å². The Bertz CT molecular complexity index is 984. The number of carbonyl (C=O) groups is 1. The topological polar surface area (TPSA) is 93.5 Å². The van der Waals surface area contributed by atoms with Crippen molar-refractivity contribution in [2.75, 3.05) is 32.8 Å². The minimum absolute atomic E-state index is 0.103. The first kappa shape index (κ1) is 21.4. The molecule has 8 nitrogen and oxygen atoms in total. The molecule has 3 rings (SSSR count). The minimum Gasteiger partial charge on any atom is -0.379 e. The summed E-state index contributed by atoms with van der Waals surface area (Å²) >= 11 is 0. The highest BCUT2D eigenvalue weighted by molar-refractivity contribution is 7.89. The van der Waals surface area contributed by atoms with Crippen molar-refractivity contribution in [2.24, 2.45) is 0 Å². The third-order valence-electron chi connectivity index (χ3n) is 4.73. The molecule has 0 aliphatic carbocycles. The van der Waals surface area contributed by atoms with E-state index in [4.69, 9.17) is 4.74 Å². The molecule has 0 unspecified atom stereocenters. The summed E-state index contributed by atoms with van der Waals surface area (Å²) in [5.74, 6) is -1.41. The van der Waals surface area contributed by atoms with Crippen LogP contribution in [0.2, 0.25) is 0 Å². The highest BCUT2D eigenvalue weighted by Crippen LogP contribution is 2.20. The van der Waals surface area contributed by atoms with E-state index in [1.807, 2.05) is 24.6 Å². The van der Waals surface area contributed by atoms with Gasteiger partial charge in [-0.1, -0.05) is 0 Å². The first-order valence-corrected chi connectivity index (χ1v) is 10.9. The molecule has 0 radical (unpaired) electrons. The Labute approximate surface area is 169 Å². The summed E-state index contributed by atoms with van der Waals surface area (Å²) in [6, 6.07) is 5.25. The Hall–Kier alpha value is -2.30. The Morgan fingerprint density at radius 3 is 2.62 bits per heavy atom. The normalized spacial score (nSPS) is 15.4. The number of rotatable bonds is 7. The molecular weight excluding hydrogens is 399 g/mol. The van der Waals surface area contributed by atoms with E-state index < -0.39 is 21.7 Å². The highest BCUT2D eigenvalue weighted by Gasteiger charge is 2.27. The quantitative estimate of drug-likeness (QED) is 0.680. The molecule has 0 saturated carbocycles. The lowest BCUT2D eigenvalue weighted by molar-refractivity contribution is 0.0730. The number of carbonyl (C=O) groups excluding carboxylic acids is 1. The zero-order valence-electron chi connectivity index (χ0n) is 16.5. The number of nitrogens with zero attached hydrogens (tertiary/aromatic N) is 3. The zero-order chi connectivity index (χ0) is 21.0. The van der Waals surface area contributed by atoms with Crippen LogP contribution in [-0.2, 0) is 21.3 Å². The third kappa shape index (κ3) is 5.01. The van der Waals surface area contributed by atoms with Crippen molar-refractivity contribution in [2.45, 2.75) is 31.7 Å². The van der Waals surface area contributed by atoms with Crippen LogP contribution in [0.4, 0.5) is 4.39 Å². The smallest absolute Gasteiger partial charge is 0.254 e. The number of benzene rings is 1. The van der Waals surface area contributed by atoms with Gasteiger partial charge in [-0.2, -0.15) is 9.40 Å². The molecule has 1 aromatic heterocycles. The van der Waals surface area contributed by atoms with Crippen molar-refractivity contribution in [3.63, 3.8) is 0 Å². The molecule has 2 aromatic rings. The molecule has 0 bridgehead atoms. The van der Waals surface area contributed by atoms with Gasteiger partial charge in [0.1, 0.15) is 5.82 Å². The van der Waals surface area contributed by atoms with Crippen molar-refractivity contribution in [3.8, 4) is 0 Å². The SMILES string of the molecule is Cc1cc(C)n(CCCNC(=O)c2cc(S(=O)(=O)N3CCOCC3)ccc2F)n1. The number of hydrogen-bond acceptors (Lipinski definition) is 5. The predicted octanol–water partition coefficient (Wildman–Crippen LogP) is 1.48. The fourth-order valence-corrected chi connectivity index (χ4v) is 4.64. The first-order valence-electron chi connectivity index (χ1n) is 9.46. The Morgan fingerprint density at radius 1 is 1.24 bits per heavy atom. The van der Waals surface area contributed by atoms with Crippen LogP contribution < -0.4 is 5.32 Å². The summed E-state index contributed by atoms with van der Waals surface area (Å²) < 4.78 is 47.9. The van der Waals surface area contributed by atoms with Crippen LogP contribution in [0.1, 0.15) is 28.2 Å². The molecule has 1 N–H and O–H groups in total.